The first-order valence-corrected chi connectivity index (χ1v) is 7.06. The lowest BCUT2D eigenvalue weighted by Gasteiger charge is -2.31. The summed E-state index contributed by atoms with van der Waals surface area (Å²) in [5, 5.41) is 11.6. The van der Waals surface area contributed by atoms with Crippen molar-refractivity contribution in [1.82, 2.24) is 5.32 Å². The fourth-order valence-electron chi connectivity index (χ4n) is 1.97. The predicted octanol–water partition coefficient (Wildman–Crippen LogP) is 2.44. The summed E-state index contributed by atoms with van der Waals surface area (Å²) in [7, 11) is 1.50. The molecule has 1 atom stereocenters. The molecule has 5 heteroatoms. The molecule has 118 valence electrons. The van der Waals surface area contributed by atoms with Crippen LogP contribution in [-0.4, -0.2) is 36.2 Å². The molecular weight excluding hydrogens is 258 g/mol. The van der Waals surface area contributed by atoms with Crippen molar-refractivity contribution < 1.29 is 19.4 Å². The van der Waals surface area contributed by atoms with Gasteiger partial charge in [0.05, 0.1) is 0 Å². The number of hydrogen-bond acceptors (Lipinski definition) is 3. The molecule has 0 aliphatic heterocycles. The molecule has 2 N–H and O–H groups in total. The lowest BCUT2D eigenvalue weighted by Crippen LogP contribution is -2.44. The monoisotopic (exact) mass is 287 g/mol. The third-order valence-electron chi connectivity index (χ3n) is 3.77. The minimum Gasteiger partial charge on any atom is -0.481 e. The van der Waals surface area contributed by atoms with Crippen LogP contribution in [0.25, 0.3) is 0 Å². The number of carboxylic acids is 1. The number of nitrogens with one attached hydrogen (secondary N) is 1. The van der Waals surface area contributed by atoms with E-state index in [1.165, 1.54) is 7.11 Å². The fourth-order valence-corrected chi connectivity index (χ4v) is 1.97. The first-order valence-electron chi connectivity index (χ1n) is 7.06. The molecule has 0 radical (unpaired) electrons. The van der Waals surface area contributed by atoms with Gasteiger partial charge >= 0.3 is 5.97 Å². The molecule has 0 aliphatic carbocycles. The first kappa shape index (κ1) is 18.9. The molecule has 20 heavy (non-hydrogen) atoms. The molecule has 0 spiro atoms. The predicted molar refractivity (Wildman–Crippen MR) is 78.5 cm³/mol. The number of aliphatic carboxylic acids is 1. The minimum atomic E-state index is -0.835. The van der Waals surface area contributed by atoms with Gasteiger partial charge in [0.1, 0.15) is 5.60 Å². The number of hydrogen-bond donors (Lipinski definition) is 2. The van der Waals surface area contributed by atoms with Crippen molar-refractivity contribution in [2.45, 2.75) is 59.5 Å². The van der Waals surface area contributed by atoms with E-state index in [0.29, 0.717) is 13.0 Å². The van der Waals surface area contributed by atoms with Crippen molar-refractivity contribution in [2.75, 3.05) is 13.7 Å². The van der Waals surface area contributed by atoms with E-state index in [-0.39, 0.29) is 23.7 Å². The Kier molecular flexibility index (Phi) is 7.20. The van der Waals surface area contributed by atoms with E-state index in [2.05, 4.69) is 26.1 Å². The van der Waals surface area contributed by atoms with E-state index < -0.39 is 11.6 Å². The maximum atomic E-state index is 11.9. The zero-order chi connectivity index (χ0) is 16.0. The first-order chi connectivity index (χ1) is 9.00. The zero-order valence-corrected chi connectivity index (χ0v) is 13.6. The molecule has 1 unspecified atom stereocenters. The van der Waals surface area contributed by atoms with Gasteiger partial charge in [-0.1, -0.05) is 20.8 Å². The largest absolute Gasteiger partial charge is 0.481 e. The van der Waals surface area contributed by atoms with Crippen molar-refractivity contribution in [3.05, 3.63) is 0 Å². The summed E-state index contributed by atoms with van der Waals surface area (Å²) in [5.41, 5.74) is -0.810. The Morgan fingerprint density at radius 1 is 1.15 bits per heavy atom. The highest BCUT2D eigenvalue weighted by Gasteiger charge is 2.28. The van der Waals surface area contributed by atoms with E-state index in [0.717, 1.165) is 6.42 Å². The second kappa shape index (κ2) is 7.62. The van der Waals surface area contributed by atoms with Crippen LogP contribution in [0, 0.1) is 11.3 Å². The van der Waals surface area contributed by atoms with Crippen molar-refractivity contribution in [1.29, 1.82) is 0 Å². The average molecular weight is 287 g/mol. The molecule has 0 aromatic rings. The van der Waals surface area contributed by atoms with Crippen LogP contribution in [0.4, 0.5) is 0 Å². The molecule has 0 bridgehead atoms. The van der Waals surface area contributed by atoms with Gasteiger partial charge in [-0.15, -0.1) is 0 Å². The maximum Gasteiger partial charge on any atom is 0.303 e. The molecule has 0 saturated carbocycles. The van der Waals surface area contributed by atoms with Crippen molar-refractivity contribution in [2.24, 2.45) is 11.3 Å². The van der Waals surface area contributed by atoms with Crippen LogP contribution in [0.15, 0.2) is 0 Å². The van der Waals surface area contributed by atoms with Gasteiger partial charge < -0.3 is 15.2 Å². The van der Waals surface area contributed by atoms with Gasteiger partial charge in [-0.3, -0.25) is 9.59 Å². The lowest BCUT2D eigenvalue weighted by molar-refractivity contribution is -0.140. The van der Waals surface area contributed by atoms with Crippen LogP contribution in [0.2, 0.25) is 0 Å². The lowest BCUT2D eigenvalue weighted by atomic mass is 9.76. The molecule has 0 aliphatic rings. The van der Waals surface area contributed by atoms with E-state index in [9.17, 15) is 9.59 Å². The molecule has 1 amide bonds. The minimum absolute atomic E-state index is 0.0248. The van der Waals surface area contributed by atoms with Crippen LogP contribution in [0.1, 0.15) is 53.9 Å². The molecule has 0 rings (SSSR count). The summed E-state index contributed by atoms with van der Waals surface area (Å²) >= 11 is 0. The standard InChI is InChI=1S/C15H29NO4/c1-14(2,3)11(7-8-12(17)18)9-10-16-13(19)15(4,5)20-6/h11H,7-10H2,1-6H3,(H,16,19)(H,17,18). The molecule has 5 nitrogen and oxygen atoms in total. The Bertz CT molecular complexity index is 331. The molecular formula is C15H29NO4. The Labute approximate surface area is 122 Å². The summed E-state index contributed by atoms with van der Waals surface area (Å²) in [5.74, 6) is -0.667. The normalized spacial score (nSPS) is 13.9. The van der Waals surface area contributed by atoms with Crippen LogP contribution >= 0.6 is 0 Å². The van der Waals surface area contributed by atoms with Gasteiger partial charge in [-0.2, -0.15) is 0 Å². The maximum absolute atomic E-state index is 11.9. The average Bonchev–Trinajstić information content (AvgIpc) is 2.31. The number of rotatable bonds is 8. The van der Waals surface area contributed by atoms with E-state index in [1.54, 1.807) is 13.8 Å². The van der Waals surface area contributed by atoms with Gasteiger partial charge in [-0.05, 0) is 38.0 Å². The highest BCUT2D eigenvalue weighted by atomic mass is 16.5. The molecule has 0 aromatic heterocycles. The third kappa shape index (κ3) is 6.89. The Hall–Kier alpha value is -1.10. The third-order valence-corrected chi connectivity index (χ3v) is 3.77. The highest BCUT2D eigenvalue weighted by Crippen LogP contribution is 2.32. The van der Waals surface area contributed by atoms with Crippen LogP contribution in [-0.2, 0) is 14.3 Å². The molecule has 0 aromatic carbocycles. The quantitative estimate of drug-likeness (QED) is 0.719. The fraction of sp³-hybridized carbons (Fsp3) is 0.867. The van der Waals surface area contributed by atoms with Crippen LogP contribution in [0.3, 0.4) is 0 Å². The van der Waals surface area contributed by atoms with Gasteiger partial charge in [0.15, 0.2) is 0 Å². The van der Waals surface area contributed by atoms with E-state index in [1.807, 2.05) is 0 Å². The van der Waals surface area contributed by atoms with Gasteiger partial charge in [0, 0.05) is 20.1 Å². The van der Waals surface area contributed by atoms with E-state index in [4.69, 9.17) is 9.84 Å². The Morgan fingerprint density at radius 2 is 1.70 bits per heavy atom. The van der Waals surface area contributed by atoms with E-state index >= 15 is 0 Å². The van der Waals surface area contributed by atoms with Crippen LogP contribution < -0.4 is 5.32 Å². The van der Waals surface area contributed by atoms with Crippen molar-refractivity contribution in [3.63, 3.8) is 0 Å². The number of methoxy groups -OCH3 is 1. The summed E-state index contributed by atoms with van der Waals surface area (Å²) in [6, 6.07) is 0. The SMILES string of the molecule is COC(C)(C)C(=O)NCCC(CCC(=O)O)C(C)(C)C. The molecule has 0 saturated heterocycles. The number of ether oxygens (including phenoxy) is 1. The number of carbonyl (C=O) groups is 2. The second-order valence-corrected chi connectivity index (χ2v) is 6.75. The topological polar surface area (TPSA) is 75.6 Å². The Balaban J connectivity index is 4.35. The van der Waals surface area contributed by atoms with Crippen molar-refractivity contribution >= 4 is 11.9 Å². The van der Waals surface area contributed by atoms with Gasteiger partial charge in [0.2, 0.25) is 0 Å². The highest BCUT2D eigenvalue weighted by molar-refractivity contribution is 5.84. The summed E-state index contributed by atoms with van der Waals surface area (Å²) < 4.78 is 5.11. The summed E-state index contributed by atoms with van der Waals surface area (Å²) in [4.78, 5) is 22.6. The number of carbonyl (C=O) groups excluding carboxylic acids is 1. The Morgan fingerprint density at radius 3 is 2.10 bits per heavy atom. The number of amides is 1. The summed E-state index contributed by atoms with van der Waals surface area (Å²) in [6.45, 7) is 10.3. The zero-order valence-electron chi connectivity index (χ0n) is 13.6. The molecule has 0 heterocycles. The summed E-state index contributed by atoms with van der Waals surface area (Å²) in [6.07, 6.45) is 1.56. The van der Waals surface area contributed by atoms with Gasteiger partial charge in [-0.25, -0.2) is 0 Å². The van der Waals surface area contributed by atoms with Crippen molar-refractivity contribution in [3.8, 4) is 0 Å². The second-order valence-electron chi connectivity index (χ2n) is 6.75. The number of carboxylic acid groups (broad SMARTS) is 1. The van der Waals surface area contributed by atoms with Crippen LogP contribution in [0.5, 0.6) is 0 Å². The van der Waals surface area contributed by atoms with Gasteiger partial charge in [0.25, 0.3) is 5.91 Å². The molecule has 0 fully saturated rings. The smallest absolute Gasteiger partial charge is 0.303 e.